The van der Waals surface area contributed by atoms with Crippen molar-refractivity contribution in [2.75, 3.05) is 39.2 Å². The molecule has 2 rings (SSSR count). The molecule has 0 radical (unpaired) electrons. The second kappa shape index (κ2) is 11.2. The lowest BCUT2D eigenvalue weighted by Crippen LogP contribution is -2.45. The Morgan fingerprint density at radius 3 is 2.63 bits per heavy atom. The smallest absolute Gasteiger partial charge is 0.410 e. The second-order valence-corrected chi connectivity index (χ2v) is 8.70. The van der Waals surface area contributed by atoms with Gasteiger partial charge in [-0.2, -0.15) is 0 Å². The molecule has 1 aliphatic heterocycles. The number of hydrogen-bond acceptors (Lipinski definition) is 5. The zero-order chi connectivity index (χ0) is 22.1. The third kappa shape index (κ3) is 7.20. The number of carbonyl (C=O) groups excluding carboxylic acids is 2. The first-order valence-corrected chi connectivity index (χ1v) is 10.7. The monoisotopic (exact) mass is 420 g/mol. The molecule has 1 saturated heterocycles. The number of carbonyl (C=O) groups is 2. The third-order valence-corrected chi connectivity index (χ3v) is 5.07. The van der Waals surface area contributed by atoms with Crippen LogP contribution in [0.2, 0.25) is 0 Å². The van der Waals surface area contributed by atoms with Gasteiger partial charge in [0.15, 0.2) is 0 Å². The van der Waals surface area contributed by atoms with Gasteiger partial charge < -0.3 is 24.4 Å². The van der Waals surface area contributed by atoms with Gasteiger partial charge in [-0.3, -0.25) is 4.79 Å². The van der Waals surface area contributed by atoms with Crippen LogP contribution in [-0.4, -0.2) is 56.4 Å². The number of piperidine rings is 1. The van der Waals surface area contributed by atoms with Crippen LogP contribution < -0.4 is 10.1 Å². The van der Waals surface area contributed by atoms with E-state index in [0.29, 0.717) is 25.4 Å². The van der Waals surface area contributed by atoms with Crippen molar-refractivity contribution >= 4 is 17.7 Å². The van der Waals surface area contributed by atoms with Crippen LogP contribution in [-0.2, 0) is 20.7 Å². The Morgan fingerprint density at radius 1 is 1.20 bits per heavy atom. The molecule has 7 heteroatoms. The molecule has 1 fully saturated rings. The van der Waals surface area contributed by atoms with Crippen LogP contribution in [0.25, 0.3) is 0 Å². The molecule has 2 amide bonds. The predicted molar refractivity (Wildman–Crippen MR) is 117 cm³/mol. The van der Waals surface area contributed by atoms with E-state index in [1.165, 1.54) is 0 Å². The fourth-order valence-electron chi connectivity index (χ4n) is 3.57. The van der Waals surface area contributed by atoms with Crippen LogP contribution in [0.3, 0.4) is 0 Å². The van der Waals surface area contributed by atoms with Crippen molar-refractivity contribution in [1.29, 1.82) is 0 Å². The summed E-state index contributed by atoms with van der Waals surface area (Å²) in [5, 5.41) is 3.07. The highest BCUT2D eigenvalue weighted by molar-refractivity contribution is 5.95. The lowest BCUT2D eigenvalue weighted by molar-refractivity contribution is -0.121. The normalized spacial score (nSPS) is 16.8. The molecular weight excluding hydrogens is 384 g/mol. The molecule has 1 aromatic carbocycles. The van der Waals surface area contributed by atoms with Crippen LogP contribution in [0.4, 0.5) is 10.5 Å². The van der Waals surface area contributed by atoms with Crippen LogP contribution in [0.1, 0.15) is 52.0 Å². The van der Waals surface area contributed by atoms with Gasteiger partial charge >= 0.3 is 6.09 Å². The van der Waals surface area contributed by atoms with Crippen molar-refractivity contribution in [1.82, 2.24) is 4.90 Å². The standard InChI is InChI=1S/C23H36N2O5/c1-23(2,3)30-22(27)25-14-9-12-18(16-25)21(26)24-20-17(10-6-7-15-28-4)11-8-13-19(20)29-5/h8,11,13,18H,6-7,9-10,12,14-16H2,1-5H3,(H,24,26)/t18-/m1/s1. The number of nitrogens with one attached hydrogen (secondary N) is 1. The average Bonchev–Trinajstić information content (AvgIpc) is 2.71. The topological polar surface area (TPSA) is 77.1 Å². The van der Waals surface area contributed by atoms with Crippen molar-refractivity contribution in [2.24, 2.45) is 5.92 Å². The molecule has 30 heavy (non-hydrogen) atoms. The first-order valence-electron chi connectivity index (χ1n) is 10.7. The van der Waals surface area contributed by atoms with Crippen molar-refractivity contribution in [3.8, 4) is 5.75 Å². The molecule has 7 nitrogen and oxygen atoms in total. The van der Waals surface area contributed by atoms with E-state index in [2.05, 4.69) is 5.32 Å². The number of para-hydroxylation sites is 1. The van der Waals surface area contributed by atoms with Gasteiger partial charge in [0.25, 0.3) is 0 Å². The van der Waals surface area contributed by atoms with Gasteiger partial charge in [-0.1, -0.05) is 12.1 Å². The Bertz CT molecular complexity index is 714. The maximum Gasteiger partial charge on any atom is 0.410 e. The molecular formula is C23H36N2O5. The van der Waals surface area contributed by atoms with Gasteiger partial charge in [-0.15, -0.1) is 0 Å². The zero-order valence-corrected chi connectivity index (χ0v) is 19.0. The number of hydrogen-bond donors (Lipinski definition) is 1. The van der Waals surface area contributed by atoms with E-state index < -0.39 is 5.60 Å². The van der Waals surface area contributed by atoms with E-state index in [1.54, 1.807) is 19.1 Å². The highest BCUT2D eigenvalue weighted by Crippen LogP contribution is 2.31. The molecule has 168 valence electrons. The molecule has 0 aliphatic carbocycles. The summed E-state index contributed by atoms with van der Waals surface area (Å²) in [5.41, 5.74) is 1.21. The molecule has 0 unspecified atom stereocenters. The number of nitrogens with zero attached hydrogens (tertiary/aromatic N) is 1. The van der Waals surface area contributed by atoms with Crippen LogP contribution in [0.15, 0.2) is 18.2 Å². The van der Waals surface area contributed by atoms with E-state index in [4.69, 9.17) is 14.2 Å². The largest absolute Gasteiger partial charge is 0.495 e. The van der Waals surface area contributed by atoms with E-state index in [1.807, 2.05) is 39.0 Å². The number of benzene rings is 1. The summed E-state index contributed by atoms with van der Waals surface area (Å²) in [6.45, 7) is 7.21. The highest BCUT2D eigenvalue weighted by Gasteiger charge is 2.31. The Balaban J connectivity index is 2.06. The third-order valence-electron chi connectivity index (χ3n) is 5.07. The minimum Gasteiger partial charge on any atom is -0.495 e. The number of anilines is 1. The van der Waals surface area contributed by atoms with Crippen LogP contribution >= 0.6 is 0 Å². The number of aryl methyl sites for hydroxylation is 1. The van der Waals surface area contributed by atoms with E-state index in [-0.39, 0.29) is 17.9 Å². The van der Waals surface area contributed by atoms with Crippen molar-refractivity contribution in [3.05, 3.63) is 23.8 Å². The van der Waals surface area contributed by atoms with E-state index in [9.17, 15) is 9.59 Å². The summed E-state index contributed by atoms with van der Waals surface area (Å²) in [6.07, 6.45) is 3.88. The molecule has 1 atom stereocenters. The lowest BCUT2D eigenvalue weighted by atomic mass is 9.96. The lowest BCUT2D eigenvalue weighted by Gasteiger charge is -2.33. The van der Waals surface area contributed by atoms with Crippen LogP contribution in [0.5, 0.6) is 5.75 Å². The second-order valence-electron chi connectivity index (χ2n) is 8.70. The Morgan fingerprint density at radius 2 is 1.97 bits per heavy atom. The molecule has 1 aliphatic rings. The Kier molecular flexibility index (Phi) is 8.96. The van der Waals surface area contributed by atoms with Gasteiger partial charge in [0.1, 0.15) is 11.4 Å². The molecule has 1 heterocycles. The molecule has 1 aromatic rings. The Hall–Kier alpha value is -2.28. The van der Waals surface area contributed by atoms with Gasteiger partial charge in [-0.25, -0.2) is 4.79 Å². The SMILES string of the molecule is COCCCCc1cccc(OC)c1NC(=O)[C@@H]1CCCN(C(=O)OC(C)(C)C)C1. The summed E-state index contributed by atoms with van der Waals surface area (Å²) in [6, 6.07) is 5.80. The minimum atomic E-state index is -0.554. The number of methoxy groups -OCH3 is 2. The predicted octanol–water partition coefficient (Wildman–Crippen LogP) is 4.25. The molecule has 0 saturated carbocycles. The fraction of sp³-hybridized carbons (Fsp3) is 0.652. The maximum atomic E-state index is 13.1. The van der Waals surface area contributed by atoms with E-state index >= 15 is 0 Å². The summed E-state index contributed by atoms with van der Waals surface area (Å²) in [5.74, 6) is 0.274. The Labute approximate surface area is 180 Å². The minimum absolute atomic E-state index is 0.0918. The first-order chi connectivity index (χ1) is 14.2. The molecule has 0 spiro atoms. The maximum absolute atomic E-state index is 13.1. The fourth-order valence-corrected chi connectivity index (χ4v) is 3.57. The van der Waals surface area contributed by atoms with Gasteiger partial charge in [-0.05, 0) is 64.5 Å². The number of likely N-dealkylation sites (tertiary alicyclic amines) is 1. The van der Waals surface area contributed by atoms with Gasteiger partial charge in [0.2, 0.25) is 5.91 Å². The summed E-state index contributed by atoms with van der Waals surface area (Å²) >= 11 is 0. The van der Waals surface area contributed by atoms with Gasteiger partial charge in [0.05, 0.1) is 18.7 Å². The van der Waals surface area contributed by atoms with Gasteiger partial charge in [0, 0.05) is 26.8 Å². The quantitative estimate of drug-likeness (QED) is 0.636. The summed E-state index contributed by atoms with van der Waals surface area (Å²) < 4.78 is 16.1. The van der Waals surface area contributed by atoms with Crippen molar-refractivity contribution < 1.29 is 23.8 Å². The number of unbranched alkanes of at least 4 members (excludes halogenated alkanes) is 1. The number of ether oxygens (including phenoxy) is 3. The summed E-state index contributed by atoms with van der Waals surface area (Å²) in [4.78, 5) is 27.1. The highest BCUT2D eigenvalue weighted by atomic mass is 16.6. The number of amides is 2. The van der Waals surface area contributed by atoms with Crippen molar-refractivity contribution in [2.45, 2.75) is 58.5 Å². The average molecular weight is 421 g/mol. The zero-order valence-electron chi connectivity index (χ0n) is 19.0. The molecule has 0 bridgehead atoms. The summed E-state index contributed by atoms with van der Waals surface area (Å²) in [7, 11) is 3.30. The van der Waals surface area contributed by atoms with Crippen molar-refractivity contribution in [3.63, 3.8) is 0 Å². The van der Waals surface area contributed by atoms with E-state index in [0.717, 1.165) is 43.4 Å². The first kappa shape index (κ1) is 24.0. The number of rotatable bonds is 8. The molecule has 1 N–H and O–H groups in total. The van der Waals surface area contributed by atoms with Crippen LogP contribution in [0, 0.1) is 5.92 Å². The molecule has 0 aromatic heterocycles.